The molecule has 1 fully saturated rings. The SMILES string of the molecule is COCC1(CNc2nc(C)ccc2C(N)=O)CCCC1. The second-order valence-corrected chi connectivity index (χ2v) is 5.71. The summed E-state index contributed by atoms with van der Waals surface area (Å²) in [6.07, 6.45) is 4.75. The Bertz CT molecular complexity index is 482. The van der Waals surface area contributed by atoms with E-state index in [1.807, 2.05) is 6.92 Å². The molecule has 5 nitrogen and oxygen atoms in total. The minimum absolute atomic E-state index is 0.148. The molecule has 0 aromatic carbocycles. The van der Waals surface area contributed by atoms with Crippen molar-refractivity contribution in [2.75, 3.05) is 25.6 Å². The van der Waals surface area contributed by atoms with E-state index in [0.717, 1.165) is 31.7 Å². The third kappa shape index (κ3) is 3.28. The summed E-state index contributed by atoms with van der Waals surface area (Å²) in [5.41, 5.74) is 6.86. The Morgan fingerprint density at radius 2 is 2.15 bits per heavy atom. The van der Waals surface area contributed by atoms with Gasteiger partial charge in [0.05, 0.1) is 12.2 Å². The zero-order chi connectivity index (χ0) is 14.6. The number of aryl methyl sites for hydroxylation is 1. The lowest BCUT2D eigenvalue weighted by molar-refractivity contribution is 0.0922. The second-order valence-electron chi connectivity index (χ2n) is 5.71. The molecule has 2 rings (SSSR count). The average Bonchev–Trinajstić information content (AvgIpc) is 2.86. The van der Waals surface area contributed by atoms with Gasteiger partial charge in [-0.2, -0.15) is 0 Å². The summed E-state index contributed by atoms with van der Waals surface area (Å²) in [7, 11) is 1.74. The number of ether oxygens (including phenoxy) is 1. The molecule has 1 heterocycles. The maximum atomic E-state index is 11.5. The Morgan fingerprint density at radius 1 is 1.45 bits per heavy atom. The number of hydrogen-bond donors (Lipinski definition) is 2. The van der Waals surface area contributed by atoms with Crippen molar-refractivity contribution in [1.82, 2.24) is 4.98 Å². The quantitative estimate of drug-likeness (QED) is 0.835. The number of rotatable bonds is 6. The van der Waals surface area contributed by atoms with Gasteiger partial charge in [-0.1, -0.05) is 12.8 Å². The molecule has 110 valence electrons. The molecule has 1 saturated carbocycles. The van der Waals surface area contributed by atoms with Crippen LogP contribution in [0.5, 0.6) is 0 Å². The maximum Gasteiger partial charge on any atom is 0.252 e. The number of carbonyl (C=O) groups excluding carboxylic acids is 1. The largest absolute Gasteiger partial charge is 0.384 e. The number of nitrogens with two attached hydrogens (primary N) is 1. The van der Waals surface area contributed by atoms with Crippen LogP contribution < -0.4 is 11.1 Å². The molecule has 1 aliphatic carbocycles. The third-order valence-corrected chi connectivity index (χ3v) is 4.05. The normalized spacial score (nSPS) is 17.1. The van der Waals surface area contributed by atoms with Crippen molar-refractivity contribution >= 4 is 11.7 Å². The molecular weight excluding hydrogens is 254 g/mol. The second kappa shape index (κ2) is 6.22. The van der Waals surface area contributed by atoms with Gasteiger partial charge in [-0.15, -0.1) is 0 Å². The van der Waals surface area contributed by atoms with E-state index < -0.39 is 5.91 Å². The van der Waals surface area contributed by atoms with Gasteiger partial charge in [-0.05, 0) is 31.9 Å². The number of anilines is 1. The van der Waals surface area contributed by atoms with E-state index in [1.165, 1.54) is 12.8 Å². The highest BCUT2D eigenvalue weighted by molar-refractivity contribution is 5.97. The summed E-state index contributed by atoms with van der Waals surface area (Å²) in [6.45, 7) is 3.39. The van der Waals surface area contributed by atoms with Gasteiger partial charge >= 0.3 is 0 Å². The first-order chi connectivity index (χ1) is 9.56. The van der Waals surface area contributed by atoms with Crippen LogP contribution >= 0.6 is 0 Å². The molecule has 0 saturated heterocycles. The van der Waals surface area contributed by atoms with Gasteiger partial charge in [0.15, 0.2) is 0 Å². The highest BCUT2D eigenvalue weighted by Crippen LogP contribution is 2.38. The molecule has 1 amide bonds. The molecule has 3 N–H and O–H groups in total. The number of pyridine rings is 1. The summed E-state index contributed by atoms with van der Waals surface area (Å²) < 4.78 is 5.37. The van der Waals surface area contributed by atoms with Crippen LogP contribution in [0.1, 0.15) is 41.7 Å². The molecule has 1 aromatic heterocycles. The van der Waals surface area contributed by atoms with Gasteiger partial charge in [0, 0.05) is 24.8 Å². The Morgan fingerprint density at radius 3 is 2.75 bits per heavy atom. The van der Waals surface area contributed by atoms with Crippen LogP contribution in [0, 0.1) is 12.3 Å². The molecule has 0 spiro atoms. The molecule has 1 aliphatic rings. The van der Waals surface area contributed by atoms with Gasteiger partial charge in [0.2, 0.25) is 0 Å². The van der Waals surface area contributed by atoms with Crippen LogP contribution in [0.3, 0.4) is 0 Å². The molecule has 0 aliphatic heterocycles. The van der Waals surface area contributed by atoms with Crippen molar-refractivity contribution in [3.05, 3.63) is 23.4 Å². The average molecular weight is 277 g/mol. The van der Waals surface area contributed by atoms with E-state index in [1.54, 1.807) is 19.2 Å². The van der Waals surface area contributed by atoms with E-state index in [0.29, 0.717) is 11.4 Å². The van der Waals surface area contributed by atoms with E-state index in [2.05, 4.69) is 10.3 Å². The maximum absolute atomic E-state index is 11.5. The van der Waals surface area contributed by atoms with E-state index in [-0.39, 0.29) is 5.41 Å². The number of nitrogens with zero attached hydrogens (tertiary/aromatic N) is 1. The van der Waals surface area contributed by atoms with Gasteiger partial charge in [0.1, 0.15) is 5.82 Å². The van der Waals surface area contributed by atoms with Crippen molar-refractivity contribution in [3.63, 3.8) is 0 Å². The van der Waals surface area contributed by atoms with E-state index >= 15 is 0 Å². The summed E-state index contributed by atoms with van der Waals surface area (Å²) in [6, 6.07) is 3.52. The van der Waals surface area contributed by atoms with Crippen molar-refractivity contribution in [1.29, 1.82) is 0 Å². The van der Waals surface area contributed by atoms with Gasteiger partial charge in [0.25, 0.3) is 5.91 Å². The van der Waals surface area contributed by atoms with Crippen LogP contribution in [-0.4, -0.2) is 31.2 Å². The topological polar surface area (TPSA) is 77.2 Å². The lowest BCUT2D eigenvalue weighted by Crippen LogP contribution is -2.32. The number of aromatic nitrogens is 1. The fourth-order valence-electron chi connectivity index (χ4n) is 2.96. The predicted octanol–water partition coefficient (Wildman–Crippen LogP) is 2.11. The number of hydrogen-bond acceptors (Lipinski definition) is 4. The van der Waals surface area contributed by atoms with Crippen molar-refractivity contribution < 1.29 is 9.53 Å². The van der Waals surface area contributed by atoms with E-state index in [9.17, 15) is 4.79 Å². The first-order valence-electron chi connectivity index (χ1n) is 7.07. The molecule has 0 bridgehead atoms. The molecular formula is C15H23N3O2. The number of methoxy groups -OCH3 is 1. The molecule has 0 atom stereocenters. The Labute approximate surface area is 119 Å². The number of primary amides is 1. The molecule has 0 unspecified atom stereocenters. The number of nitrogens with one attached hydrogen (secondary N) is 1. The zero-order valence-corrected chi connectivity index (χ0v) is 12.2. The highest BCUT2D eigenvalue weighted by Gasteiger charge is 2.34. The monoisotopic (exact) mass is 277 g/mol. The van der Waals surface area contributed by atoms with Gasteiger partial charge < -0.3 is 15.8 Å². The lowest BCUT2D eigenvalue weighted by atomic mass is 9.87. The van der Waals surface area contributed by atoms with Crippen LogP contribution in [0.2, 0.25) is 0 Å². The summed E-state index contributed by atoms with van der Waals surface area (Å²) in [4.78, 5) is 15.8. The predicted molar refractivity (Wildman–Crippen MR) is 78.8 cm³/mol. The molecule has 5 heteroatoms. The van der Waals surface area contributed by atoms with Gasteiger partial charge in [-0.3, -0.25) is 4.79 Å². The first kappa shape index (κ1) is 14.8. The number of amides is 1. The van der Waals surface area contributed by atoms with Crippen LogP contribution in [0.4, 0.5) is 5.82 Å². The molecule has 20 heavy (non-hydrogen) atoms. The number of carbonyl (C=O) groups is 1. The fourth-order valence-corrected chi connectivity index (χ4v) is 2.96. The Hall–Kier alpha value is -1.62. The summed E-state index contributed by atoms with van der Waals surface area (Å²) in [5, 5.41) is 3.31. The van der Waals surface area contributed by atoms with Crippen molar-refractivity contribution in [2.45, 2.75) is 32.6 Å². The highest BCUT2D eigenvalue weighted by atomic mass is 16.5. The Kier molecular flexibility index (Phi) is 4.60. The molecule has 1 aromatic rings. The summed E-state index contributed by atoms with van der Waals surface area (Å²) >= 11 is 0. The van der Waals surface area contributed by atoms with Crippen molar-refractivity contribution in [3.8, 4) is 0 Å². The van der Waals surface area contributed by atoms with Crippen LogP contribution in [-0.2, 0) is 4.74 Å². The van der Waals surface area contributed by atoms with Crippen molar-refractivity contribution in [2.24, 2.45) is 11.1 Å². The Balaban J connectivity index is 2.13. The standard InChI is InChI=1S/C15H23N3O2/c1-11-5-6-12(13(16)19)14(18-11)17-9-15(10-20-2)7-3-4-8-15/h5-6H,3-4,7-10H2,1-2H3,(H2,16,19)(H,17,18). The molecule has 0 radical (unpaired) electrons. The first-order valence-corrected chi connectivity index (χ1v) is 7.07. The smallest absolute Gasteiger partial charge is 0.252 e. The fraction of sp³-hybridized carbons (Fsp3) is 0.600. The van der Waals surface area contributed by atoms with Crippen LogP contribution in [0.15, 0.2) is 12.1 Å². The summed E-state index contributed by atoms with van der Waals surface area (Å²) in [5.74, 6) is 0.132. The van der Waals surface area contributed by atoms with E-state index in [4.69, 9.17) is 10.5 Å². The third-order valence-electron chi connectivity index (χ3n) is 4.05. The minimum Gasteiger partial charge on any atom is -0.384 e. The lowest BCUT2D eigenvalue weighted by Gasteiger charge is -2.28. The zero-order valence-electron chi connectivity index (χ0n) is 12.2. The minimum atomic E-state index is -0.452. The van der Waals surface area contributed by atoms with Gasteiger partial charge in [-0.25, -0.2) is 4.98 Å². The van der Waals surface area contributed by atoms with Crippen LogP contribution in [0.25, 0.3) is 0 Å².